The number of carbonyl (C=O) groups is 5. The number of aromatic nitrogens is 4. The molecule has 54 heavy (non-hydrogen) atoms. The molecule has 1 fully saturated rings. The quantitative estimate of drug-likeness (QED) is 0.0381. The lowest BCUT2D eigenvalue weighted by atomic mass is 9.98. The van der Waals surface area contributed by atoms with Gasteiger partial charge in [-0.25, -0.2) is 23.6 Å². The molecule has 0 spiro atoms. The maximum atomic E-state index is 13.8. The minimum atomic E-state index is -5.09. The smallest absolute Gasteiger partial charge is 0.413 e. The van der Waals surface area contributed by atoms with E-state index < -0.39 is 68.8 Å². The molecule has 3 heterocycles. The van der Waals surface area contributed by atoms with Crippen LogP contribution in [0.5, 0.6) is 0 Å². The van der Waals surface area contributed by atoms with Crippen molar-refractivity contribution in [3.8, 4) is 0 Å². The van der Waals surface area contributed by atoms with Crippen molar-refractivity contribution < 1.29 is 72.7 Å². The van der Waals surface area contributed by atoms with Crippen LogP contribution in [0.2, 0.25) is 0 Å². The molecular formula is C30H47BrN10O11S2. The van der Waals surface area contributed by atoms with E-state index in [2.05, 4.69) is 36.4 Å². The molecule has 21 nitrogen and oxygen atoms in total. The van der Waals surface area contributed by atoms with Gasteiger partial charge in [-0.15, -0.1) is 16.4 Å². The number of carbonyl (C=O) groups excluding carboxylic acids is 5. The Kier molecular flexibility index (Phi) is 14.5. The summed E-state index contributed by atoms with van der Waals surface area (Å²) in [5, 5.41) is 20.6. The molecule has 2 aromatic rings. The second-order valence-electron chi connectivity index (χ2n) is 15.5. The molecule has 1 saturated heterocycles. The third kappa shape index (κ3) is 13.5. The normalized spacial score (nSPS) is 16.8. The number of halogens is 1. The molecule has 4 amide bonds. The third-order valence-corrected chi connectivity index (χ3v) is 8.28. The highest BCUT2D eigenvalue weighted by Gasteiger charge is 2.54. The number of esters is 1. The zero-order chi connectivity index (χ0) is 40.3. The number of quaternary nitrogens is 1. The van der Waals surface area contributed by atoms with Gasteiger partial charge in [-0.3, -0.25) is 24.3 Å². The molecule has 0 bridgehead atoms. The molecule has 0 unspecified atom stereocenters. The zero-order valence-corrected chi connectivity index (χ0v) is 35.0. The van der Waals surface area contributed by atoms with Crippen molar-refractivity contribution in [1.29, 1.82) is 0 Å². The van der Waals surface area contributed by atoms with E-state index in [-0.39, 0.29) is 57.7 Å². The van der Waals surface area contributed by atoms with Crippen LogP contribution < -0.4 is 32.9 Å². The van der Waals surface area contributed by atoms with Crippen molar-refractivity contribution in [2.75, 3.05) is 33.0 Å². The van der Waals surface area contributed by atoms with Gasteiger partial charge in [-0.2, -0.15) is 8.42 Å². The number of amides is 4. The van der Waals surface area contributed by atoms with Crippen molar-refractivity contribution >= 4 is 62.3 Å². The Labute approximate surface area is 327 Å². The van der Waals surface area contributed by atoms with Gasteiger partial charge in [0.05, 0.1) is 46.5 Å². The lowest BCUT2D eigenvalue weighted by Crippen LogP contribution is -3.00. The van der Waals surface area contributed by atoms with Crippen LogP contribution >= 0.6 is 11.3 Å². The van der Waals surface area contributed by atoms with Crippen LogP contribution in [-0.2, 0) is 56.9 Å². The minimum absolute atomic E-state index is 0. The van der Waals surface area contributed by atoms with E-state index in [1.165, 1.54) is 30.1 Å². The molecule has 1 aliphatic rings. The average Bonchev–Trinajstić information content (AvgIpc) is 3.60. The van der Waals surface area contributed by atoms with Crippen molar-refractivity contribution in [1.82, 2.24) is 34.9 Å². The Morgan fingerprint density at radius 1 is 1.04 bits per heavy atom. The zero-order valence-electron chi connectivity index (χ0n) is 31.8. The second-order valence-corrected chi connectivity index (χ2v) is 17.6. The lowest BCUT2D eigenvalue weighted by molar-refractivity contribution is -0.862. The Morgan fingerprint density at radius 3 is 2.20 bits per heavy atom. The fourth-order valence-electron chi connectivity index (χ4n) is 4.36. The summed E-state index contributed by atoms with van der Waals surface area (Å²) < 4.78 is 46.5. The number of hydrogen-bond acceptors (Lipinski definition) is 15. The topological polar surface area (TPSA) is 263 Å². The number of hydrogen-bond donors (Lipinski definition) is 4. The molecule has 0 aromatic carbocycles. The first-order chi connectivity index (χ1) is 24.0. The monoisotopic (exact) mass is 866 g/mol. The van der Waals surface area contributed by atoms with Crippen LogP contribution in [-0.4, -0.2) is 134 Å². The van der Waals surface area contributed by atoms with Crippen molar-refractivity contribution in [3.05, 3.63) is 23.0 Å². The van der Waals surface area contributed by atoms with Crippen LogP contribution in [0.3, 0.4) is 0 Å². The summed E-state index contributed by atoms with van der Waals surface area (Å²) in [6, 6.07) is -2.95. The average molecular weight is 868 g/mol. The number of rotatable bonds is 14. The van der Waals surface area contributed by atoms with Gasteiger partial charge in [0, 0.05) is 5.38 Å². The standard InChI is InChI=1S/C30H46N10O11S2.BrH/c1-28(2,3)49-25(44)30(7,8)51-36-21(18-16-52-26(32-18)34-27(45)50-29(4,5)6)23(42)33-22-19(39(24(22)43)53(46,47)48)14-38-13-17(35-37-38)12-31-20(41)15-40(9,10)11;/h13,16,19,22H,12,14-15H2,1-11H3,(H3-,31,32,33,34,41,42,45,46,47,48);1H/b36-21-;/t19-,22+;/m1./s1. The molecule has 2 aromatic heterocycles. The van der Waals surface area contributed by atoms with Gasteiger partial charge >= 0.3 is 22.4 Å². The largest absolute Gasteiger partial charge is 1.00 e. The first-order valence-electron chi connectivity index (χ1n) is 16.1. The predicted octanol–water partition coefficient (Wildman–Crippen LogP) is -2.55. The number of oxime groups is 1. The highest BCUT2D eigenvalue weighted by Crippen LogP contribution is 2.26. The first-order valence-corrected chi connectivity index (χ1v) is 18.4. The molecular weight excluding hydrogens is 820 g/mol. The van der Waals surface area contributed by atoms with E-state index in [1.807, 2.05) is 21.1 Å². The summed E-state index contributed by atoms with van der Waals surface area (Å²) in [7, 11) is 0.442. The maximum Gasteiger partial charge on any atom is 0.413 e. The Bertz CT molecular complexity index is 1860. The molecule has 2 atom stereocenters. The predicted molar refractivity (Wildman–Crippen MR) is 188 cm³/mol. The van der Waals surface area contributed by atoms with Gasteiger partial charge in [0.1, 0.15) is 28.6 Å². The molecule has 0 saturated carbocycles. The SMILES string of the molecule is CC(C)(C)OC(=O)Nc1nc(/C(=N/OC(C)(C)C(=O)OC(C)(C)C)C(=O)N[C@@H]2C(=O)N(S(=O)(=O)O)[C@@H]2Cn2cc(CNC(=O)C[N+](C)(C)C)nn2)cs1.[Br-]. The van der Waals surface area contributed by atoms with Gasteiger partial charge in [0.2, 0.25) is 5.60 Å². The van der Waals surface area contributed by atoms with E-state index in [0.29, 0.717) is 10.2 Å². The number of β-lactam (4-membered cyclic amide) rings is 1. The number of anilines is 1. The van der Waals surface area contributed by atoms with E-state index in [9.17, 15) is 36.9 Å². The lowest BCUT2D eigenvalue weighted by Gasteiger charge is -2.43. The number of ether oxygens (including phenoxy) is 2. The van der Waals surface area contributed by atoms with Crippen LogP contribution in [0, 0.1) is 0 Å². The third-order valence-electron chi connectivity index (χ3n) is 6.57. The molecule has 0 aliphatic carbocycles. The second kappa shape index (κ2) is 17.0. The van der Waals surface area contributed by atoms with Crippen molar-refractivity contribution in [2.45, 2.75) is 97.4 Å². The summed E-state index contributed by atoms with van der Waals surface area (Å²) in [5.74, 6) is -3.35. The van der Waals surface area contributed by atoms with Gasteiger partial charge in [0.15, 0.2) is 17.4 Å². The Balaban J connectivity index is 0.0000101. The molecule has 3 rings (SSSR count). The number of nitrogens with one attached hydrogen (secondary N) is 3. The highest BCUT2D eigenvalue weighted by atomic mass is 79.9. The molecule has 4 N–H and O–H groups in total. The molecule has 302 valence electrons. The van der Waals surface area contributed by atoms with Crippen molar-refractivity contribution in [2.24, 2.45) is 5.16 Å². The number of likely N-dealkylation sites (N-methyl/N-ethyl adjacent to an activating group) is 1. The van der Waals surface area contributed by atoms with Gasteiger partial charge in [-0.05, 0) is 55.4 Å². The van der Waals surface area contributed by atoms with Gasteiger partial charge < -0.3 is 46.4 Å². The van der Waals surface area contributed by atoms with Crippen LogP contribution in [0.25, 0.3) is 0 Å². The highest BCUT2D eigenvalue weighted by molar-refractivity contribution is 7.84. The van der Waals surface area contributed by atoms with Crippen LogP contribution in [0.4, 0.5) is 9.93 Å². The van der Waals surface area contributed by atoms with E-state index >= 15 is 0 Å². The molecule has 24 heteroatoms. The van der Waals surface area contributed by atoms with E-state index in [0.717, 1.165) is 11.3 Å². The van der Waals surface area contributed by atoms with Gasteiger partial charge in [0.25, 0.3) is 17.7 Å². The van der Waals surface area contributed by atoms with Crippen molar-refractivity contribution in [3.63, 3.8) is 0 Å². The number of nitrogens with zero attached hydrogens (tertiary/aromatic N) is 7. The maximum absolute atomic E-state index is 13.8. The van der Waals surface area contributed by atoms with Crippen LogP contribution in [0.1, 0.15) is 66.8 Å². The minimum Gasteiger partial charge on any atom is -1.00 e. The molecule has 0 radical (unpaired) electrons. The van der Waals surface area contributed by atoms with Crippen LogP contribution in [0.15, 0.2) is 16.7 Å². The number of thiazole rings is 1. The molecule has 1 aliphatic heterocycles. The first kappa shape index (κ1) is 45.9. The Hall–Kier alpha value is -4.26. The summed E-state index contributed by atoms with van der Waals surface area (Å²) in [6.07, 6.45) is 0.559. The fraction of sp³-hybridized carbons (Fsp3) is 0.633. The summed E-state index contributed by atoms with van der Waals surface area (Å²) in [5.41, 5.74) is -3.88. The summed E-state index contributed by atoms with van der Waals surface area (Å²) in [6.45, 7) is 12.4. The Morgan fingerprint density at radius 2 is 1.65 bits per heavy atom. The van der Waals surface area contributed by atoms with E-state index in [1.54, 1.807) is 41.5 Å². The summed E-state index contributed by atoms with van der Waals surface area (Å²) in [4.78, 5) is 73.9. The van der Waals surface area contributed by atoms with E-state index in [4.69, 9.17) is 14.3 Å². The fourth-order valence-corrected chi connectivity index (χ4v) is 5.91. The summed E-state index contributed by atoms with van der Waals surface area (Å²) >= 11 is 0.889. The van der Waals surface area contributed by atoms with Gasteiger partial charge in [-0.1, -0.05) is 10.4 Å².